The molecule has 1 amide bonds. The first-order valence-electron chi connectivity index (χ1n) is 6.38. The summed E-state index contributed by atoms with van der Waals surface area (Å²) in [7, 11) is 1.83. The molecule has 0 spiro atoms. The summed E-state index contributed by atoms with van der Waals surface area (Å²) < 4.78 is 1.72. The number of fused-ring (bicyclic) bond motifs is 1. The SMILES string of the molecule is Cc1cc(C)n2ncc(C(=O)N(C)C3CNC3)c2n1. The van der Waals surface area contributed by atoms with Crippen molar-refractivity contribution in [3.63, 3.8) is 0 Å². The highest BCUT2D eigenvalue weighted by atomic mass is 16.2. The molecule has 1 aliphatic rings. The van der Waals surface area contributed by atoms with Crippen molar-refractivity contribution in [2.75, 3.05) is 20.1 Å². The van der Waals surface area contributed by atoms with Gasteiger partial charge in [0.15, 0.2) is 5.65 Å². The van der Waals surface area contributed by atoms with Crippen molar-refractivity contribution in [2.24, 2.45) is 0 Å². The number of nitrogens with zero attached hydrogens (tertiary/aromatic N) is 4. The maximum atomic E-state index is 12.5. The Morgan fingerprint density at radius 3 is 2.84 bits per heavy atom. The molecular weight excluding hydrogens is 242 g/mol. The Morgan fingerprint density at radius 2 is 2.21 bits per heavy atom. The highest BCUT2D eigenvalue weighted by Gasteiger charge is 2.28. The number of hydrogen-bond donors (Lipinski definition) is 1. The second-order valence-corrected chi connectivity index (χ2v) is 5.06. The Labute approximate surface area is 111 Å². The molecule has 0 aliphatic carbocycles. The van der Waals surface area contributed by atoms with Crippen LogP contribution in [0, 0.1) is 13.8 Å². The lowest BCUT2D eigenvalue weighted by Gasteiger charge is -2.35. The number of likely N-dealkylation sites (N-methyl/N-ethyl adjacent to an activating group) is 1. The number of aromatic nitrogens is 3. The number of aryl methyl sites for hydroxylation is 2. The fourth-order valence-electron chi connectivity index (χ4n) is 2.32. The zero-order valence-corrected chi connectivity index (χ0v) is 11.3. The summed E-state index contributed by atoms with van der Waals surface area (Å²) in [6.07, 6.45) is 1.61. The van der Waals surface area contributed by atoms with E-state index in [9.17, 15) is 4.79 Å². The predicted molar refractivity (Wildman–Crippen MR) is 71.2 cm³/mol. The second-order valence-electron chi connectivity index (χ2n) is 5.06. The van der Waals surface area contributed by atoms with Gasteiger partial charge in [-0.15, -0.1) is 0 Å². The van der Waals surface area contributed by atoms with E-state index in [1.54, 1.807) is 15.6 Å². The second kappa shape index (κ2) is 4.31. The number of rotatable bonds is 2. The fraction of sp³-hybridized carbons (Fsp3) is 0.462. The largest absolute Gasteiger partial charge is 0.336 e. The van der Waals surface area contributed by atoms with Crippen LogP contribution in [0.3, 0.4) is 0 Å². The quantitative estimate of drug-likeness (QED) is 0.847. The van der Waals surface area contributed by atoms with Gasteiger partial charge >= 0.3 is 0 Å². The van der Waals surface area contributed by atoms with E-state index in [-0.39, 0.29) is 11.9 Å². The average molecular weight is 259 g/mol. The van der Waals surface area contributed by atoms with Gasteiger partial charge in [0.1, 0.15) is 5.56 Å². The predicted octanol–water partition coefficient (Wildman–Crippen LogP) is 0.390. The normalized spacial score (nSPS) is 15.5. The number of amides is 1. The minimum atomic E-state index is -0.0148. The van der Waals surface area contributed by atoms with E-state index in [1.165, 1.54) is 0 Å². The summed E-state index contributed by atoms with van der Waals surface area (Å²) in [5.41, 5.74) is 3.09. The molecule has 19 heavy (non-hydrogen) atoms. The molecule has 6 nitrogen and oxygen atoms in total. The molecular formula is C13H17N5O. The van der Waals surface area contributed by atoms with Crippen molar-refractivity contribution in [1.29, 1.82) is 0 Å². The highest BCUT2D eigenvalue weighted by molar-refractivity contribution is 5.99. The summed E-state index contributed by atoms with van der Waals surface area (Å²) in [4.78, 5) is 18.7. The molecule has 0 bridgehead atoms. The van der Waals surface area contributed by atoms with Crippen LogP contribution in [-0.4, -0.2) is 51.6 Å². The van der Waals surface area contributed by atoms with Crippen LogP contribution >= 0.6 is 0 Å². The maximum Gasteiger partial charge on any atom is 0.259 e. The van der Waals surface area contributed by atoms with E-state index < -0.39 is 0 Å². The lowest BCUT2D eigenvalue weighted by atomic mass is 10.1. The topological polar surface area (TPSA) is 62.5 Å². The molecule has 3 rings (SSSR count). The number of hydrogen-bond acceptors (Lipinski definition) is 4. The van der Waals surface area contributed by atoms with Gasteiger partial charge < -0.3 is 10.2 Å². The Balaban J connectivity index is 2.02. The molecule has 1 aliphatic heterocycles. The van der Waals surface area contributed by atoms with Crippen molar-refractivity contribution >= 4 is 11.6 Å². The van der Waals surface area contributed by atoms with Crippen molar-refractivity contribution in [3.8, 4) is 0 Å². The van der Waals surface area contributed by atoms with Gasteiger partial charge in [0.25, 0.3) is 5.91 Å². The molecule has 0 unspecified atom stereocenters. The monoisotopic (exact) mass is 259 g/mol. The zero-order valence-electron chi connectivity index (χ0n) is 11.3. The van der Waals surface area contributed by atoms with Gasteiger partial charge in [-0.25, -0.2) is 9.50 Å². The van der Waals surface area contributed by atoms with Crippen molar-refractivity contribution < 1.29 is 4.79 Å². The van der Waals surface area contributed by atoms with Crippen LogP contribution in [0.25, 0.3) is 5.65 Å². The van der Waals surface area contributed by atoms with Gasteiger partial charge in [-0.2, -0.15) is 5.10 Å². The molecule has 0 aromatic carbocycles. The summed E-state index contributed by atoms with van der Waals surface area (Å²) in [5.74, 6) is -0.0148. The molecule has 1 saturated heterocycles. The van der Waals surface area contributed by atoms with E-state index in [2.05, 4.69) is 15.4 Å². The molecule has 6 heteroatoms. The van der Waals surface area contributed by atoms with Crippen LogP contribution < -0.4 is 5.32 Å². The smallest absolute Gasteiger partial charge is 0.259 e. The summed E-state index contributed by atoms with van der Waals surface area (Å²) in [6, 6.07) is 2.22. The van der Waals surface area contributed by atoms with Crippen molar-refractivity contribution in [1.82, 2.24) is 24.8 Å². The number of carbonyl (C=O) groups excluding carboxylic acids is 1. The zero-order chi connectivity index (χ0) is 13.6. The lowest BCUT2D eigenvalue weighted by Crippen LogP contribution is -2.57. The molecule has 2 aromatic heterocycles. The minimum Gasteiger partial charge on any atom is -0.336 e. The molecule has 0 radical (unpaired) electrons. The molecule has 100 valence electrons. The van der Waals surface area contributed by atoms with Gasteiger partial charge in [-0.3, -0.25) is 4.79 Å². The van der Waals surface area contributed by atoms with E-state index in [4.69, 9.17) is 0 Å². The van der Waals surface area contributed by atoms with Crippen LogP contribution in [0.1, 0.15) is 21.7 Å². The maximum absolute atomic E-state index is 12.5. The third-order valence-electron chi connectivity index (χ3n) is 3.64. The van der Waals surface area contributed by atoms with Gasteiger partial charge in [0, 0.05) is 31.5 Å². The summed E-state index contributed by atoms with van der Waals surface area (Å²) >= 11 is 0. The van der Waals surface area contributed by atoms with Gasteiger partial charge in [0.05, 0.1) is 12.2 Å². The van der Waals surface area contributed by atoms with E-state index in [1.807, 2.05) is 27.0 Å². The Hall–Kier alpha value is -1.95. The Bertz CT molecular complexity index is 644. The Morgan fingerprint density at radius 1 is 1.47 bits per heavy atom. The molecule has 1 fully saturated rings. The first-order valence-corrected chi connectivity index (χ1v) is 6.38. The van der Waals surface area contributed by atoms with Crippen LogP contribution in [0.5, 0.6) is 0 Å². The molecule has 2 aromatic rings. The van der Waals surface area contributed by atoms with Crippen LogP contribution in [0.15, 0.2) is 12.3 Å². The van der Waals surface area contributed by atoms with E-state index in [0.29, 0.717) is 11.2 Å². The first-order chi connectivity index (χ1) is 9.08. The lowest BCUT2D eigenvalue weighted by molar-refractivity contribution is 0.0683. The van der Waals surface area contributed by atoms with Crippen molar-refractivity contribution in [3.05, 3.63) is 29.2 Å². The summed E-state index contributed by atoms with van der Waals surface area (Å²) in [5, 5.41) is 7.42. The third kappa shape index (κ3) is 1.88. The minimum absolute atomic E-state index is 0.0148. The van der Waals surface area contributed by atoms with Gasteiger partial charge in [-0.05, 0) is 19.9 Å². The first kappa shape index (κ1) is 12.1. The van der Waals surface area contributed by atoms with Gasteiger partial charge in [-0.1, -0.05) is 0 Å². The summed E-state index contributed by atoms with van der Waals surface area (Å²) in [6.45, 7) is 5.59. The van der Waals surface area contributed by atoms with Crippen LogP contribution in [0.4, 0.5) is 0 Å². The third-order valence-corrected chi connectivity index (χ3v) is 3.64. The molecule has 0 atom stereocenters. The van der Waals surface area contributed by atoms with Crippen LogP contribution in [0.2, 0.25) is 0 Å². The number of carbonyl (C=O) groups is 1. The van der Waals surface area contributed by atoms with Crippen molar-refractivity contribution in [2.45, 2.75) is 19.9 Å². The molecule has 0 saturated carbocycles. The standard InChI is InChI=1S/C13H17N5O/c1-8-4-9(2)18-12(16-8)11(7-15-18)13(19)17(3)10-5-14-6-10/h4,7,10,14H,5-6H2,1-3H3. The van der Waals surface area contributed by atoms with Gasteiger partial charge in [0.2, 0.25) is 0 Å². The van der Waals surface area contributed by atoms with E-state index >= 15 is 0 Å². The molecule has 1 N–H and O–H groups in total. The average Bonchev–Trinajstić information content (AvgIpc) is 2.69. The fourth-order valence-corrected chi connectivity index (χ4v) is 2.32. The van der Waals surface area contributed by atoms with E-state index in [0.717, 1.165) is 24.5 Å². The van der Waals surface area contributed by atoms with Crippen LogP contribution in [-0.2, 0) is 0 Å². The number of nitrogens with one attached hydrogen (secondary N) is 1. The highest BCUT2D eigenvalue weighted by Crippen LogP contribution is 2.15. The molecule has 3 heterocycles. The Kier molecular flexibility index (Phi) is 2.74.